The van der Waals surface area contributed by atoms with Crippen LogP contribution in [0.4, 0.5) is 0 Å². The second-order valence-corrected chi connectivity index (χ2v) is 4.40. The van der Waals surface area contributed by atoms with E-state index in [1.165, 1.54) is 5.56 Å². The van der Waals surface area contributed by atoms with Gasteiger partial charge in [-0.2, -0.15) is 0 Å². The van der Waals surface area contributed by atoms with Gasteiger partial charge in [0.2, 0.25) is 0 Å². The standard InChI is InChI=1S/C13H14O/c1-9-10(2)13(9)8-7-11-5-3-4-6-12(11)14-13/h3-10H,1-2H3. The predicted molar refractivity (Wildman–Crippen MR) is 57.2 cm³/mol. The molecule has 0 aromatic heterocycles. The molecule has 1 spiro atoms. The molecule has 2 atom stereocenters. The molecule has 0 bridgehead atoms. The van der Waals surface area contributed by atoms with Gasteiger partial charge in [0.25, 0.3) is 0 Å². The van der Waals surface area contributed by atoms with Crippen LogP contribution in [0.15, 0.2) is 30.3 Å². The molecule has 3 rings (SSSR count). The van der Waals surface area contributed by atoms with Gasteiger partial charge in [-0.3, -0.25) is 0 Å². The average Bonchev–Trinajstić information content (AvgIpc) is 2.71. The highest BCUT2D eigenvalue weighted by Gasteiger charge is 2.61. The summed E-state index contributed by atoms with van der Waals surface area (Å²) in [5, 5.41) is 0. The van der Waals surface area contributed by atoms with E-state index in [1.807, 2.05) is 12.1 Å². The van der Waals surface area contributed by atoms with E-state index in [4.69, 9.17) is 4.74 Å². The highest BCUT2D eigenvalue weighted by Crippen LogP contribution is 2.56. The summed E-state index contributed by atoms with van der Waals surface area (Å²) >= 11 is 0. The van der Waals surface area contributed by atoms with Gasteiger partial charge in [-0.25, -0.2) is 0 Å². The Morgan fingerprint density at radius 2 is 1.86 bits per heavy atom. The lowest BCUT2D eigenvalue weighted by Gasteiger charge is -2.22. The number of hydrogen-bond donors (Lipinski definition) is 0. The number of ether oxygens (including phenoxy) is 1. The molecule has 72 valence electrons. The number of para-hydroxylation sites is 1. The van der Waals surface area contributed by atoms with Crippen LogP contribution in [0.2, 0.25) is 0 Å². The van der Waals surface area contributed by atoms with Gasteiger partial charge in [0.1, 0.15) is 11.4 Å². The van der Waals surface area contributed by atoms with Crippen LogP contribution in [0.25, 0.3) is 6.08 Å². The summed E-state index contributed by atoms with van der Waals surface area (Å²) in [5.74, 6) is 2.32. The summed E-state index contributed by atoms with van der Waals surface area (Å²) in [4.78, 5) is 0. The highest BCUT2D eigenvalue weighted by atomic mass is 16.5. The van der Waals surface area contributed by atoms with Gasteiger partial charge in [-0.1, -0.05) is 38.1 Å². The van der Waals surface area contributed by atoms with Crippen LogP contribution in [-0.2, 0) is 0 Å². The molecule has 14 heavy (non-hydrogen) atoms. The second-order valence-electron chi connectivity index (χ2n) is 4.40. The molecule has 2 unspecified atom stereocenters. The quantitative estimate of drug-likeness (QED) is 0.605. The average molecular weight is 186 g/mol. The van der Waals surface area contributed by atoms with Crippen molar-refractivity contribution in [2.75, 3.05) is 0 Å². The fourth-order valence-corrected chi connectivity index (χ4v) is 2.41. The molecule has 0 saturated heterocycles. The van der Waals surface area contributed by atoms with Gasteiger partial charge in [-0.05, 0) is 12.1 Å². The van der Waals surface area contributed by atoms with Gasteiger partial charge in [0, 0.05) is 17.4 Å². The summed E-state index contributed by atoms with van der Waals surface area (Å²) < 4.78 is 6.07. The largest absolute Gasteiger partial charge is 0.482 e. The normalized spacial score (nSPS) is 37.9. The third kappa shape index (κ3) is 0.848. The number of fused-ring (bicyclic) bond motifs is 1. The van der Waals surface area contributed by atoms with E-state index in [0.717, 1.165) is 5.75 Å². The first-order valence-electron chi connectivity index (χ1n) is 5.21. The Labute approximate surface area is 84.4 Å². The van der Waals surface area contributed by atoms with Crippen LogP contribution in [0, 0.1) is 11.8 Å². The van der Waals surface area contributed by atoms with Crippen molar-refractivity contribution >= 4 is 6.08 Å². The summed E-state index contributed by atoms with van der Waals surface area (Å²) in [6.07, 6.45) is 4.42. The van der Waals surface area contributed by atoms with Crippen molar-refractivity contribution in [2.24, 2.45) is 11.8 Å². The molecular formula is C13H14O. The van der Waals surface area contributed by atoms with E-state index in [2.05, 4.69) is 38.1 Å². The van der Waals surface area contributed by atoms with Gasteiger partial charge in [0.15, 0.2) is 0 Å². The number of hydrogen-bond acceptors (Lipinski definition) is 1. The maximum Gasteiger partial charge on any atom is 0.133 e. The lowest BCUT2D eigenvalue weighted by Crippen LogP contribution is -2.22. The van der Waals surface area contributed by atoms with E-state index < -0.39 is 0 Å². The molecular weight excluding hydrogens is 172 g/mol. The number of benzene rings is 1. The zero-order valence-corrected chi connectivity index (χ0v) is 8.53. The van der Waals surface area contributed by atoms with Crippen molar-refractivity contribution in [1.29, 1.82) is 0 Å². The Balaban J connectivity index is 2.03. The topological polar surface area (TPSA) is 9.23 Å². The predicted octanol–water partition coefficient (Wildman–Crippen LogP) is 3.12. The van der Waals surface area contributed by atoms with Crippen LogP contribution in [0.3, 0.4) is 0 Å². The Kier molecular flexibility index (Phi) is 1.40. The minimum Gasteiger partial charge on any atom is -0.482 e. The highest BCUT2D eigenvalue weighted by molar-refractivity contribution is 5.62. The summed E-state index contributed by atoms with van der Waals surface area (Å²) in [6, 6.07) is 8.22. The zero-order chi connectivity index (χ0) is 9.76. The molecule has 1 saturated carbocycles. The molecule has 1 fully saturated rings. The van der Waals surface area contributed by atoms with Crippen LogP contribution >= 0.6 is 0 Å². The Bertz CT molecular complexity index is 397. The van der Waals surface area contributed by atoms with Crippen LogP contribution < -0.4 is 4.74 Å². The second kappa shape index (κ2) is 2.41. The number of rotatable bonds is 0. The summed E-state index contributed by atoms with van der Waals surface area (Å²) in [7, 11) is 0. The molecule has 1 aromatic carbocycles. The van der Waals surface area contributed by atoms with Crippen LogP contribution in [-0.4, -0.2) is 5.60 Å². The molecule has 1 aliphatic heterocycles. The van der Waals surface area contributed by atoms with Gasteiger partial charge in [0.05, 0.1) is 0 Å². The minimum absolute atomic E-state index is 0.00829. The SMILES string of the molecule is CC1C(C)C12C=Cc1ccccc1O2. The van der Waals surface area contributed by atoms with Gasteiger partial charge >= 0.3 is 0 Å². The monoisotopic (exact) mass is 186 g/mol. The molecule has 2 aliphatic rings. The fourth-order valence-electron chi connectivity index (χ4n) is 2.41. The molecule has 1 nitrogen and oxygen atoms in total. The van der Waals surface area contributed by atoms with Crippen LogP contribution in [0.5, 0.6) is 5.75 Å². The van der Waals surface area contributed by atoms with Crippen molar-refractivity contribution in [2.45, 2.75) is 19.4 Å². The first-order valence-corrected chi connectivity index (χ1v) is 5.21. The smallest absolute Gasteiger partial charge is 0.133 e. The van der Waals surface area contributed by atoms with E-state index in [9.17, 15) is 0 Å². The molecule has 1 heterocycles. The van der Waals surface area contributed by atoms with Crippen molar-refractivity contribution in [1.82, 2.24) is 0 Å². The molecule has 0 amide bonds. The third-order valence-corrected chi connectivity index (χ3v) is 3.79. The van der Waals surface area contributed by atoms with E-state index in [1.54, 1.807) is 0 Å². The van der Waals surface area contributed by atoms with Gasteiger partial charge in [-0.15, -0.1) is 0 Å². The zero-order valence-electron chi connectivity index (χ0n) is 8.53. The van der Waals surface area contributed by atoms with E-state index in [0.29, 0.717) is 11.8 Å². The van der Waals surface area contributed by atoms with Crippen molar-refractivity contribution in [3.05, 3.63) is 35.9 Å². The first-order chi connectivity index (χ1) is 6.74. The Morgan fingerprint density at radius 3 is 2.57 bits per heavy atom. The fraction of sp³-hybridized carbons (Fsp3) is 0.385. The maximum atomic E-state index is 6.07. The Morgan fingerprint density at radius 1 is 1.14 bits per heavy atom. The van der Waals surface area contributed by atoms with Crippen molar-refractivity contribution in [3.8, 4) is 5.75 Å². The summed E-state index contributed by atoms with van der Waals surface area (Å²) in [6.45, 7) is 4.51. The lowest BCUT2D eigenvalue weighted by molar-refractivity contribution is 0.199. The molecule has 0 N–H and O–H groups in total. The lowest BCUT2D eigenvalue weighted by atomic mass is 10.1. The summed E-state index contributed by atoms with van der Waals surface area (Å²) in [5.41, 5.74) is 1.21. The van der Waals surface area contributed by atoms with E-state index in [-0.39, 0.29) is 5.60 Å². The van der Waals surface area contributed by atoms with Crippen molar-refractivity contribution in [3.63, 3.8) is 0 Å². The molecule has 1 aliphatic carbocycles. The van der Waals surface area contributed by atoms with Crippen LogP contribution in [0.1, 0.15) is 19.4 Å². The molecule has 0 radical (unpaired) electrons. The molecule has 1 aromatic rings. The van der Waals surface area contributed by atoms with E-state index >= 15 is 0 Å². The van der Waals surface area contributed by atoms with Gasteiger partial charge < -0.3 is 4.74 Å². The first kappa shape index (κ1) is 8.10. The minimum atomic E-state index is 0.00829. The maximum absolute atomic E-state index is 6.07. The third-order valence-electron chi connectivity index (χ3n) is 3.79. The van der Waals surface area contributed by atoms with Crippen molar-refractivity contribution < 1.29 is 4.74 Å². The molecule has 1 heteroatoms. The Hall–Kier alpha value is -1.24.